The van der Waals surface area contributed by atoms with Crippen molar-refractivity contribution in [3.05, 3.63) is 70.2 Å². The van der Waals surface area contributed by atoms with E-state index >= 15 is 0 Å². The van der Waals surface area contributed by atoms with Crippen LogP contribution in [0.5, 0.6) is 11.8 Å². The van der Waals surface area contributed by atoms with Crippen LogP contribution in [0.4, 0.5) is 0 Å². The number of halogens is 2. The second kappa shape index (κ2) is 15.6. The first kappa shape index (κ1) is 34.0. The van der Waals surface area contributed by atoms with Crippen molar-refractivity contribution in [1.82, 2.24) is 35.9 Å². The second-order valence-electron chi connectivity index (χ2n) is 12.0. The maximum absolute atomic E-state index is 11.5. The molecule has 3 heterocycles. The van der Waals surface area contributed by atoms with Gasteiger partial charge in [-0.25, -0.2) is 9.97 Å². The van der Waals surface area contributed by atoms with E-state index in [0.717, 1.165) is 42.6 Å². The summed E-state index contributed by atoms with van der Waals surface area (Å²) in [4.78, 5) is 30.3. The highest BCUT2D eigenvalue weighted by Crippen LogP contribution is 2.42. The molecule has 11 nitrogen and oxygen atoms in total. The number of hydrogen-bond donors (Lipinski definition) is 3. The van der Waals surface area contributed by atoms with E-state index in [4.69, 9.17) is 47.4 Å². The minimum Gasteiger partial charge on any atom is -0.480 e. The number of carbonyl (C=O) groups is 1. The summed E-state index contributed by atoms with van der Waals surface area (Å²) in [6, 6.07) is 11.6. The average Bonchev–Trinajstić information content (AvgIpc) is 3.51. The summed E-state index contributed by atoms with van der Waals surface area (Å²) in [6.45, 7) is 2.52. The van der Waals surface area contributed by atoms with Crippen molar-refractivity contribution in [2.75, 3.05) is 34.4 Å². The van der Waals surface area contributed by atoms with Crippen LogP contribution in [0.25, 0.3) is 33.6 Å². The topological polar surface area (TPSA) is 132 Å². The fourth-order valence-electron chi connectivity index (χ4n) is 6.12. The Morgan fingerprint density at radius 2 is 1.31 bits per heavy atom. The monoisotopic (exact) mass is 691 g/mol. The molecule has 0 radical (unpaired) electrons. The van der Waals surface area contributed by atoms with Gasteiger partial charge in [0.2, 0.25) is 17.7 Å². The second-order valence-corrected chi connectivity index (χ2v) is 12.8. The first-order valence-electron chi connectivity index (χ1n) is 16.0. The predicted molar refractivity (Wildman–Crippen MR) is 185 cm³/mol. The summed E-state index contributed by atoms with van der Waals surface area (Å²) in [5.41, 5.74) is 5.41. The zero-order chi connectivity index (χ0) is 33.6. The maximum atomic E-state index is 11.5. The van der Waals surface area contributed by atoms with Crippen molar-refractivity contribution in [3.63, 3.8) is 0 Å². The van der Waals surface area contributed by atoms with Gasteiger partial charge in [0.05, 0.1) is 54.2 Å². The Hall–Kier alpha value is -3.87. The van der Waals surface area contributed by atoms with Crippen LogP contribution in [-0.2, 0) is 22.6 Å². The van der Waals surface area contributed by atoms with Gasteiger partial charge in [-0.15, -0.1) is 0 Å². The van der Waals surface area contributed by atoms with Crippen LogP contribution in [0.2, 0.25) is 10.0 Å². The van der Waals surface area contributed by atoms with Crippen LogP contribution >= 0.6 is 23.2 Å². The number of ether oxygens (including phenoxy) is 3. The van der Waals surface area contributed by atoms with Crippen molar-refractivity contribution in [2.45, 2.75) is 50.9 Å². The van der Waals surface area contributed by atoms with Gasteiger partial charge in [-0.3, -0.25) is 14.8 Å². The molecule has 2 fully saturated rings. The smallest absolute Gasteiger partial charge is 0.237 e. The van der Waals surface area contributed by atoms with Crippen LogP contribution in [-0.4, -0.2) is 72.4 Å². The van der Waals surface area contributed by atoms with E-state index in [0.29, 0.717) is 88.1 Å². The first-order chi connectivity index (χ1) is 23.4. The van der Waals surface area contributed by atoms with Gasteiger partial charge in [-0.1, -0.05) is 59.6 Å². The molecule has 13 heteroatoms. The molecule has 1 atom stereocenters. The third kappa shape index (κ3) is 7.55. The number of rotatable bonds is 14. The molecule has 1 aliphatic heterocycles. The molecule has 252 valence electrons. The molecule has 3 N–H and O–H groups in total. The molecule has 2 aliphatic rings. The van der Waals surface area contributed by atoms with E-state index in [2.05, 4.69) is 25.9 Å². The zero-order valence-corrected chi connectivity index (χ0v) is 28.7. The van der Waals surface area contributed by atoms with Crippen LogP contribution in [0.1, 0.15) is 37.1 Å². The molecule has 2 aromatic heterocycles. The third-order valence-corrected chi connectivity index (χ3v) is 9.68. The number of carbonyl (C=O) groups excluding carboxylic acids is 1. The van der Waals surface area contributed by atoms with E-state index in [9.17, 15) is 4.79 Å². The minimum atomic E-state index is 0.0861. The molecule has 0 bridgehead atoms. The molecule has 2 aromatic carbocycles. The molecule has 4 aromatic rings. The van der Waals surface area contributed by atoms with Crippen molar-refractivity contribution < 1.29 is 19.0 Å². The molecule has 0 spiro atoms. The highest BCUT2D eigenvalue weighted by molar-refractivity contribution is 6.39. The van der Waals surface area contributed by atoms with Crippen LogP contribution < -0.4 is 25.4 Å². The van der Waals surface area contributed by atoms with Crippen LogP contribution in [0.15, 0.2) is 48.8 Å². The molecule has 1 saturated heterocycles. The standard InChI is InChI=1S/C35H39Cl2N7O4/c1-46-22-12-20(13-22)14-38-16-29-34(47-2)43-27(18-40-29)25-8-4-6-23(32(25)36)24-7-5-9-26(33(24)37)28-19-41-30(35(44-28)48-3)17-39-15-21-10-11-31(45)42-21/h4-9,18-22,38-39H,10-17H2,1-3H3,(H,42,45)/t20?,21-,22?/m0/s1. The van der Waals surface area contributed by atoms with Crippen LogP contribution in [0.3, 0.4) is 0 Å². The first-order valence-corrected chi connectivity index (χ1v) is 16.8. The number of methoxy groups -OCH3 is 3. The van der Waals surface area contributed by atoms with E-state index < -0.39 is 0 Å². The van der Waals surface area contributed by atoms with Crippen LogP contribution in [0, 0.1) is 5.92 Å². The van der Waals surface area contributed by atoms with Gasteiger partial charge in [0, 0.05) is 61.5 Å². The van der Waals surface area contributed by atoms with Gasteiger partial charge in [0.1, 0.15) is 11.4 Å². The number of aromatic nitrogens is 4. The summed E-state index contributed by atoms with van der Waals surface area (Å²) < 4.78 is 16.6. The number of nitrogens with zero attached hydrogens (tertiary/aromatic N) is 4. The van der Waals surface area contributed by atoms with E-state index in [1.807, 2.05) is 36.4 Å². The molecular formula is C35H39Cl2N7O4. The lowest BCUT2D eigenvalue weighted by Gasteiger charge is -2.34. The summed E-state index contributed by atoms with van der Waals surface area (Å²) in [6.07, 6.45) is 7.29. The Morgan fingerprint density at radius 1 is 0.792 bits per heavy atom. The highest BCUT2D eigenvalue weighted by Gasteiger charge is 2.28. The maximum Gasteiger partial charge on any atom is 0.237 e. The lowest BCUT2D eigenvalue weighted by atomic mass is 9.82. The number of nitrogens with one attached hydrogen (secondary N) is 3. The van der Waals surface area contributed by atoms with E-state index in [-0.39, 0.29) is 11.9 Å². The predicted octanol–water partition coefficient (Wildman–Crippen LogP) is 5.47. The SMILES string of the molecule is COc1nc(-c2cccc(-c3cccc(-c4cnc(CNC[C@@H]5CCC(=O)N5)c(OC)n4)c3Cl)c2Cl)cnc1CNCC1CC(OC)C1. The van der Waals surface area contributed by atoms with Crippen molar-refractivity contribution in [2.24, 2.45) is 5.92 Å². The van der Waals surface area contributed by atoms with Gasteiger partial charge in [0.15, 0.2) is 0 Å². The molecule has 48 heavy (non-hydrogen) atoms. The largest absolute Gasteiger partial charge is 0.480 e. The summed E-state index contributed by atoms with van der Waals surface area (Å²) in [5.74, 6) is 1.53. The third-order valence-electron chi connectivity index (χ3n) is 8.87. The molecular weight excluding hydrogens is 653 g/mol. The lowest BCUT2D eigenvalue weighted by molar-refractivity contribution is -0.119. The quantitative estimate of drug-likeness (QED) is 0.156. The fourth-order valence-corrected chi connectivity index (χ4v) is 6.77. The summed E-state index contributed by atoms with van der Waals surface area (Å²) >= 11 is 14.1. The molecule has 1 aliphatic carbocycles. The van der Waals surface area contributed by atoms with Crippen molar-refractivity contribution >= 4 is 29.1 Å². The van der Waals surface area contributed by atoms with Gasteiger partial charge in [-0.05, 0) is 31.7 Å². The van der Waals surface area contributed by atoms with Gasteiger partial charge >= 0.3 is 0 Å². The average molecular weight is 693 g/mol. The lowest BCUT2D eigenvalue weighted by Crippen LogP contribution is -2.37. The number of amides is 1. The Bertz CT molecular complexity index is 1770. The number of hydrogen-bond acceptors (Lipinski definition) is 10. The molecule has 1 amide bonds. The Balaban J connectivity index is 1.19. The molecule has 6 rings (SSSR count). The molecule has 0 unspecified atom stereocenters. The number of benzene rings is 2. The fraction of sp³-hybridized carbons (Fsp3) is 0.400. The Labute approximate surface area is 290 Å². The van der Waals surface area contributed by atoms with Gasteiger partial charge in [0.25, 0.3) is 0 Å². The summed E-state index contributed by atoms with van der Waals surface area (Å²) in [7, 11) is 4.91. The van der Waals surface area contributed by atoms with E-state index in [1.165, 1.54) is 0 Å². The normalized spacial score (nSPS) is 18.8. The summed E-state index contributed by atoms with van der Waals surface area (Å²) in [5, 5.41) is 10.7. The van der Waals surface area contributed by atoms with Crippen molar-refractivity contribution in [3.8, 4) is 45.4 Å². The molecule has 1 saturated carbocycles. The zero-order valence-electron chi connectivity index (χ0n) is 27.2. The minimum absolute atomic E-state index is 0.0861. The highest BCUT2D eigenvalue weighted by atomic mass is 35.5. The van der Waals surface area contributed by atoms with E-state index in [1.54, 1.807) is 33.7 Å². The van der Waals surface area contributed by atoms with Gasteiger partial charge in [-0.2, -0.15) is 0 Å². The Kier molecular flexibility index (Phi) is 11.0. The van der Waals surface area contributed by atoms with Gasteiger partial charge < -0.3 is 30.2 Å². The van der Waals surface area contributed by atoms with Crippen molar-refractivity contribution in [1.29, 1.82) is 0 Å². The Morgan fingerprint density at radius 3 is 1.79 bits per heavy atom.